The van der Waals surface area contributed by atoms with Gasteiger partial charge in [-0.3, -0.25) is 0 Å². The first-order valence-corrected chi connectivity index (χ1v) is 19.5. The number of thioether (sulfide) groups is 1. The number of rotatable bonds is 9. The van der Waals surface area contributed by atoms with Crippen molar-refractivity contribution in [2.45, 2.75) is 86.7 Å². The Morgan fingerprint density at radius 1 is 1.00 bits per heavy atom. The monoisotopic (exact) mass is 775 g/mol. The Labute approximate surface area is 311 Å². The molecule has 2 aliphatic carbocycles. The van der Waals surface area contributed by atoms with Gasteiger partial charge in [-0.05, 0) is 116 Å². The van der Waals surface area contributed by atoms with E-state index >= 15 is 8.78 Å². The van der Waals surface area contributed by atoms with Gasteiger partial charge < -0.3 is 25.0 Å². The van der Waals surface area contributed by atoms with Crippen LogP contribution in [0.3, 0.4) is 0 Å². The first-order valence-electron chi connectivity index (χ1n) is 18.6. The number of hydrogen-bond donors (Lipinski definition) is 2. The summed E-state index contributed by atoms with van der Waals surface area (Å²) in [5, 5.41) is 14.9. The number of fused-ring (bicyclic) bond motifs is 4. The highest BCUT2D eigenvalue weighted by Crippen LogP contribution is 2.66. The molecule has 2 unspecified atom stereocenters. The Balaban J connectivity index is 1.14. The highest BCUT2D eigenvalue weighted by molar-refractivity contribution is 8.00. The van der Waals surface area contributed by atoms with E-state index in [4.69, 9.17) is 9.72 Å². The number of hydrogen-bond acceptors (Lipinski definition) is 8. The van der Waals surface area contributed by atoms with Crippen molar-refractivity contribution in [3.63, 3.8) is 0 Å². The van der Waals surface area contributed by atoms with Crippen LogP contribution in [0.2, 0.25) is 0 Å². The number of nitrogens with one attached hydrogen (secondary N) is 1. The van der Waals surface area contributed by atoms with E-state index in [0.29, 0.717) is 51.0 Å². The molecule has 9 rings (SSSR count). The highest BCUT2D eigenvalue weighted by Gasteiger charge is 2.70. The van der Waals surface area contributed by atoms with Crippen molar-refractivity contribution < 1.29 is 40.6 Å². The van der Waals surface area contributed by atoms with Crippen LogP contribution < -0.4 is 15.0 Å². The Hall–Kier alpha value is -3.56. The number of halogens is 7. The number of piperidine rings is 1. The summed E-state index contributed by atoms with van der Waals surface area (Å²) in [5.41, 5.74) is -6.52. The van der Waals surface area contributed by atoms with Crippen molar-refractivity contribution in [2.75, 3.05) is 44.2 Å². The Morgan fingerprint density at radius 2 is 1.70 bits per heavy atom. The lowest BCUT2D eigenvalue weighted by molar-refractivity contribution is -0.0328. The van der Waals surface area contributed by atoms with Crippen molar-refractivity contribution in [3.05, 3.63) is 47.5 Å². The molecule has 3 saturated heterocycles. The standard InChI is InChI=1S/C39H40F7N5O2S/c1-2-25-28(40)6-3-21-13-24(52)14-26(30(21)25)31-29(54-39(44,45)46)15-27-33(32(31)41)48-35(49-34(27)51-16-22-4-5-23(17-51)47-22)53-20-36(7-8-36)19-50-11-9-37(10-12-50)18-38(37,42)43/h3,6,13-15,22-23,47,52H,2,4-5,7-12,16-20H2,1H3. The average Bonchev–Trinajstić information content (AvgIpc) is 3.96. The van der Waals surface area contributed by atoms with Crippen molar-refractivity contribution >= 4 is 39.3 Å². The van der Waals surface area contributed by atoms with E-state index in [1.165, 1.54) is 30.3 Å². The number of piperazine rings is 1. The molecule has 4 aromatic rings. The second kappa shape index (κ2) is 12.7. The lowest BCUT2D eigenvalue weighted by atomic mass is 9.92. The molecular formula is C39H40F7N5O2S. The van der Waals surface area contributed by atoms with Gasteiger partial charge in [0.05, 0.1) is 6.61 Å². The fraction of sp³-hybridized carbons (Fsp3) is 0.538. The summed E-state index contributed by atoms with van der Waals surface area (Å²) in [4.78, 5) is 13.0. The minimum Gasteiger partial charge on any atom is -0.508 e. The molecule has 2 atom stereocenters. The van der Waals surface area contributed by atoms with Crippen molar-refractivity contribution in [1.82, 2.24) is 20.2 Å². The Bertz CT molecular complexity index is 2140. The minimum absolute atomic E-state index is 0.0364. The maximum atomic E-state index is 17.4. The summed E-state index contributed by atoms with van der Waals surface area (Å²) in [5.74, 6) is -4.29. The Kier molecular flexibility index (Phi) is 8.51. The van der Waals surface area contributed by atoms with Gasteiger partial charge in [0.25, 0.3) is 5.92 Å². The van der Waals surface area contributed by atoms with Crippen LogP contribution in [-0.4, -0.2) is 82.8 Å². The third kappa shape index (κ3) is 6.41. The summed E-state index contributed by atoms with van der Waals surface area (Å²) < 4.78 is 110. The number of phenols is 1. The molecule has 5 fully saturated rings. The molecule has 0 radical (unpaired) electrons. The summed E-state index contributed by atoms with van der Waals surface area (Å²) in [7, 11) is 0. The van der Waals surface area contributed by atoms with E-state index in [0.717, 1.165) is 25.7 Å². The molecule has 54 heavy (non-hydrogen) atoms. The molecule has 2 N–H and O–H groups in total. The molecule has 5 aliphatic rings. The van der Waals surface area contributed by atoms with Crippen molar-refractivity contribution in [1.29, 1.82) is 0 Å². The second-order valence-corrected chi connectivity index (χ2v) is 17.2. The van der Waals surface area contributed by atoms with E-state index < -0.39 is 50.7 Å². The van der Waals surface area contributed by atoms with Gasteiger partial charge in [-0.1, -0.05) is 13.0 Å². The van der Waals surface area contributed by atoms with Gasteiger partial charge in [-0.25, -0.2) is 17.6 Å². The van der Waals surface area contributed by atoms with Crippen LogP contribution in [0.1, 0.15) is 57.4 Å². The van der Waals surface area contributed by atoms with Crippen LogP contribution in [0.4, 0.5) is 36.6 Å². The third-order valence-electron chi connectivity index (χ3n) is 12.4. The normalized spacial score (nSPS) is 24.1. The second-order valence-electron chi connectivity index (χ2n) is 16.1. The number of likely N-dealkylation sites (tertiary alicyclic amines) is 1. The van der Waals surface area contributed by atoms with Crippen molar-refractivity contribution in [2.24, 2.45) is 10.8 Å². The number of aromatic hydroxyl groups is 1. The van der Waals surface area contributed by atoms with E-state index in [-0.39, 0.29) is 81.9 Å². The van der Waals surface area contributed by atoms with Gasteiger partial charge in [0.15, 0.2) is 5.82 Å². The summed E-state index contributed by atoms with van der Waals surface area (Å²) >= 11 is -0.481. The number of anilines is 1. The van der Waals surface area contributed by atoms with E-state index in [1.807, 2.05) is 4.90 Å². The number of alkyl halides is 5. The van der Waals surface area contributed by atoms with Crippen LogP contribution in [0.25, 0.3) is 32.8 Å². The molecule has 3 aromatic carbocycles. The zero-order chi connectivity index (χ0) is 37.8. The zero-order valence-electron chi connectivity index (χ0n) is 29.6. The average molecular weight is 776 g/mol. The van der Waals surface area contributed by atoms with E-state index in [2.05, 4.69) is 15.2 Å². The predicted octanol–water partition coefficient (Wildman–Crippen LogP) is 8.83. The zero-order valence-corrected chi connectivity index (χ0v) is 30.5. The molecule has 2 saturated carbocycles. The first kappa shape index (κ1) is 36.1. The predicted molar refractivity (Wildman–Crippen MR) is 192 cm³/mol. The van der Waals surface area contributed by atoms with Gasteiger partial charge in [0, 0.05) is 64.8 Å². The fourth-order valence-corrected chi connectivity index (χ4v) is 9.95. The van der Waals surface area contributed by atoms with Crippen molar-refractivity contribution in [3.8, 4) is 22.9 Å². The highest BCUT2D eigenvalue weighted by atomic mass is 32.2. The number of benzene rings is 3. The SMILES string of the molecule is CCc1c(F)ccc2cc(O)cc(-c3c(SC(F)(F)F)cc4c(N5CC6CCC(C5)N6)nc(OCC5(CN6CCC7(CC6)CC7(F)F)CC5)nc4c3F)c12. The van der Waals surface area contributed by atoms with Crippen LogP contribution in [-0.2, 0) is 6.42 Å². The molecule has 288 valence electrons. The smallest absolute Gasteiger partial charge is 0.446 e. The molecule has 7 nitrogen and oxygen atoms in total. The maximum absolute atomic E-state index is 17.4. The number of ether oxygens (including phenoxy) is 1. The van der Waals surface area contributed by atoms with Gasteiger partial charge in [-0.15, -0.1) is 0 Å². The quantitative estimate of drug-likeness (QED) is 0.129. The number of phenolic OH excluding ortho intramolecular Hbond substituents is 1. The third-order valence-corrected chi connectivity index (χ3v) is 13.2. The molecule has 1 spiro atoms. The molecule has 4 heterocycles. The van der Waals surface area contributed by atoms with Crippen LogP contribution in [0.15, 0.2) is 35.2 Å². The first-order chi connectivity index (χ1) is 25.7. The molecule has 15 heteroatoms. The molecule has 2 bridgehead atoms. The molecular weight excluding hydrogens is 736 g/mol. The lowest BCUT2D eigenvalue weighted by Gasteiger charge is -2.35. The maximum Gasteiger partial charge on any atom is 0.446 e. The molecule has 0 amide bonds. The molecule has 3 aliphatic heterocycles. The van der Waals surface area contributed by atoms with Gasteiger partial charge in [0.1, 0.15) is 22.9 Å². The van der Waals surface area contributed by atoms with Crippen LogP contribution in [0, 0.1) is 22.5 Å². The van der Waals surface area contributed by atoms with E-state index in [9.17, 15) is 27.1 Å². The molecule has 1 aromatic heterocycles. The Morgan fingerprint density at radius 3 is 2.33 bits per heavy atom. The van der Waals surface area contributed by atoms with Gasteiger partial charge in [0.2, 0.25) is 0 Å². The largest absolute Gasteiger partial charge is 0.508 e. The van der Waals surface area contributed by atoms with Gasteiger partial charge in [-0.2, -0.15) is 23.1 Å². The van der Waals surface area contributed by atoms with E-state index in [1.54, 1.807) is 6.92 Å². The minimum atomic E-state index is -4.81. The fourth-order valence-electron chi connectivity index (χ4n) is 9.22. The number of aryl methyl sites for hydroxylation is 1. The summed E-state index contributed by atoms with van der Waals surface area (Å²) in [6.45, 7) is 4.73. The summed E-state index contributed by atoms with van der Waals surface area (Å²) in [6.07, 6.45) is 4.58. The van der Waals surface area contributed by atoms with Gasteiger partial charge >= 0.3 is 11.5 Å². The van der Waals surface area contributed by atoms with Crippen LogP contribution in [0.5, 0.6) is 11.8 Å². The lowest BCUT2D eigenvalue weighted by Crippen LogP contribution is -2.51. The summed E-state index contributed by atoms with van der Waals surface area (Å²) in [6, 6.07) is 6.55. The topological polar surface area (TPSA) is 73.8 Å². The number of nitrogens with zero attached hydrogens (tertiary/aromatic N) is 4. The van der Waals surface area contributed by atoms with Crippen LogP contribution >= 0.6 is 11.8 Å². The number of aromatic nitrogens is 2.